The minimum atomic E-state index is -0.298. The van der Waals surface area contributed by atoms with Crippen LogP contribution >= 0.6 is 11.3 Å². The lowest BCUT2D eigenvalue weighted by molar-refractivity contribution is 0.0531. The molecule has 3 aromatic heterocycles. The standard InChI is InChI=1S/C21H26N6O2S/c1-4-14-10-16(23-11-22-14)27-8-6-15(7-9-27)26-19-17-13(3)18(21(28)29-5-2)30-20(17)25-12-24-19/h10-12,15H,4-9H2,1-3H3,(H,24,25,26). The van der Waals surface area contributed by atoms with Crippen molar-refractivity contribution >= 4 is 39.2 Å². The number of thiophene rings is 1. The maximum Gasteiger partial charge on any atom is 0.348 e. The SMILES string of the molecule is CCOC(=O)c1sc2ncnc(NC3CCN(c4cc(CC)ncn4)CC3)c2c1C. The zero-order valence-electron chi connectivity index (χ0n) is 17.5. The molecule has 1 aliphatic heterocycles. The van der Waals surface area contributed by atoms with Crippen molar-refractivity contribution in [2.75, 3.05) is 29.9 Å². The van der Waals surface area contributed by atoms with Crippen molar-refractivity contribution < 1.29 is 9.53 Å². The summed E-state index contributed by atoms with van der Waals surface area (Å²) < 4.78 is 5.19. The monoisotopic (exact) mass is 426 g/mol. The van der Waals surface area contributed by atoms with Crippen molar-refractivity contribution in [3.05, 3.63) is 34.9 Å². The Kier molecular flexibility index (Phi) is 6.08. The maximum absolute atomic E-state index is 12.3. The minimum absolute atomic E-state index is 0.298. The Morgan fingerprint density at radius 3 is 2.70 bits per heavy atom. The number of anilines is 2. The lowest BCUT2D eigenvalue weighted by atomic mass is 10.0. The number of nitrogens with one attached hydrogen (secondary N) is 1. The van der Waals surface area contributed by atoms with E-state index in [1.54, 1.807) is 12.7 Å². The fraction of sp³-hybridized carbons (Fsp3) is 0.476. The Labute approximate surface area is 179 Å². The van der Waals surface area contributed by atoms with Crippen molar-refractivity contribution in [3.8, 4) is 0 Å². The molecule has 0 aromatic carbocycles. The summed E-state index contributed by atoms with van der Waals surface area (Å²) in [5.41, 5.74) is 1.94. The lowest BCUT2D eigenvalue weighted by Crippen LogP contribution is -2.39. The fourth-order valence-corrected chi connectivity index (χ4v) is 4.81. The van der Waals surface area contributed by atoms with Gasteiger partial charge in [-0.1, -0.05) is 6.92 Å². The van der Waals surface area contributed by atoms with Crippen molar-refractivity contribution in [3.63, 3.8) is 0 Å². The predicted molar refractivity (Wildman–Crippen MR) is 118 cm³/mol. The van der Waals surface area contributed by atoms with Crippen LogP contribution in [-0.2, 0) is 11.2 Å². The summed E-state index contributed by atoms with van der Waals surface area (Å²) in [6, 6.07) is 2.38. The minimum Gasteiger partial charge on any atom is -0.462 e. The molecule has 1 aliphatic rings. The van der Waals surface area contributed by atoms with Gasteiger partial charge in [-0.2, -0.15) is 0 Å². The summed E-state index contributed by atoms with van der Waals surface area (Å²) >= 11 is 1.36. The van der Waals surface area contributed by atoms with Crippen LogP contribution in [0.15, 0.2) is 18.7 Å². The molecule has 9 heteroatoms. The number of hydrogen-bond acceptors (Lipinski definition) is 9. The third-order valence-electron chi connectivity index (χ3n) is 5.42. The highest BCUT2D eigenvalue weighted by molar-refractivity contribution is 7.20. The average molecular weight is 427 g/mol. The largest absolute Gasteiger partial charge is 0.462 e. The quantitative estimate of drug-likeness (QED) is 0.598. The number of esters is 1. The van der Waals surface area contributed by atoms with Crippen LogP contribution in [0.4, 0.5) is 11.6 Å². The van der Waals surface area contributed by atoms with Gasteiger partial charge in [-0.25, -0.2) is 24.7 Å². The van der Waals surface area contributed by atoms with Crippen LogP contribution in [0.25, 0.3) is 10.2 Å². The molecule has 1 saturated heterocycles. The molecule has 4 heterocycles. The highest BCUT2D eigenvalue weighted by Crippen LogP contribution is 2.34. The van der Waals surface area contributed by atoms with E-state index in [1.165, 1.54) is 11.3 Å². The van der Waals surface area contributed by atoms with Crippen molar-refractivity contribution in [1.82, 2.24) is 19.9 Å². The Hall–Kier alpha value is -2.81. The van der Waals surface area contributed by atoms with Crippen LogP contribution in [0.3, 0.4) is 0 Å². The molecule has 8 nitrogen and oxygen atoms in total. The highest BCUT2D eigenvalue weighted by Gasteiger charge is 2.24. The molecule has 158 valence electrons. The number of hydrogen-bond donors (Lipinski definition) is 1. The zero-order valence-corrected chi connectivity index (χ0v) is 18.3. The van der Waals surface area contributed by atoms with E-state index in [2.05, 4.69) is 43.1 Å². The van der Waals surface area contributed by atoms with Gasteiger partial charge in [0, 0.05) is 30.9 Å². The van der Waals surface area contributed by atoms with E-state index in [1.807, 2.05) is 13.8 Å². The molecular weight excluding hydrogens is 400 g/mol. The molecule has 3 aromatic rings. The molecule has 0 saturated carbocycles. The van der Waals surface area contributed by atoms with Crippen LogP contribution in [0.5, 0.6) is 0 Å². The van der Waals surface area contributed by atoms with Crippen LogP contribution in [-0.4, -0.2) is 51.6 Å². The summed E-state index contributed by atoms with van der Waals surface area (Å²) in [5, 5.41) is 4.50. The van der Waals surface area contributed by atoms with Crippen LogP contribution in [0.1, 0.15) is 47.6 Å². The smallest absolute Gasteiger partial charge is 0.348 e. The van der Waals surface area contributed by atoms with Gasteiger partial charge in [0.1, 0.15) is 34.0 Å². The number of piperidine rings is 1. The zero-order chi connectivity index (χ0) is 21.1. The van der Waals surface area contributed by atoms with Gasteiger partial charge in [0.05, 0.1) is 12.0 Å². The average Bonchev–Trinajstić information content (AvgIpc) is 3.12. The number of rotatable bonds is 6. The Bertz CT molecular complexity index is 1050. The second kappa shape index (κ2) is 8.91. The van der Waals surface area contributed by atoms with E-state index in [0.29, 0.717) is 17.5 Å². The summed E-state index contributed by atoms with van der Waals surface area (Å²) in [6.07, 6.45) is 6.06. The van der Waals surface area contributed by atoms with Gasteiger partial charge in [-0.15, -0.1) is 11.3 Å². The second-order valence-corrected chi connectivity index (χ2v) is 8.30. The van der Waals surface area contributed by atoms with E-state index in [9.17, 15) is 4.79 Å². The highest BCUT2D eigenvalue weighted by atomic mass is 32.1. The van der Waals surface area contributed by atoms with Crippen LogP contribution in [0.2, 0.25) is 0 Å². The summed E-state index contributed by atoms with van der Waals surface area (Å²) in [5.74, 6) is 1.49. The molecule has 0 radical (unpaired) electrons. The van der Waals surface area contributed by atoms with Gasteiger partial charge in [-0.05, 0) is 38.7 Å². The van der Waals surface area contributed by atoms with Crippen molar-refractivity contribution in [1.29, 1.82) is 0 Å². The molecule has 0 atom stereocenters. The van der Waals surface area contributed by atoms with Crippen LogP contribution < -0.4 is 10.2 Å². The molecule has 1 fully saturated rings. The fourth-order valence-electron chi connectivity index (χ4n) is 3.77. The van der Waals surface area contributed by atoms with Gasteiger partial charge in [0.15, 0.2) is 0 Å². The van der Waals surface area contributed by atoms with E-state index in [-0.39, 0.29) is 5.97 Å². The first kappa shape index (κ1) is 20.5. The number of aryl methyl sites for hydroxylation is 2. The molecular formula is C21H26N6O2S. The number of nitrogens with zero attached hydrogens (tertiary/aromatic N) is 5. The first-order valence-electron chi connectivity index (χ1n) is 10.3. The van der Waals surface area contributed by atoms with E-state index in [0.717, 1.165) is 65.5 Å². The van der Waals surface area contributed by atoms with Crippen LogP contribution in [0, 0.1) is 6.92 Å². The van der Waals surface area contributed by atoms with Gasteiger partial charge < -0.3 is 15.0 Å². The van der Waals surface area contributed by atoms with Crippen molar-refractivity contribution in [2.45, 2.75) is 46.1 Å². The topological polar surface area (TPSA) is 93.1 Å². The number of ether oxygens (including phenoxy) is 1. The lowest BCUT2D eigenvalue weighted by Gasteiger charge is -2.33. The molecule has 0 spiro atoms. The molecule has 4 rings (SSSR count). The van der Waals surface area contributed by atoms with Crippen molar-refractivity contribution in [2.24, 2.45) is 0 Å². The summed E-state index contributed by atoms with van der Waals surface area (Å²) in [4.78, 5) is 33.5. The second-order valence-electron chi connectivity index (χ2n) is 7.31. The molecule has 0 bridgehead atoms. The third-order valence-corrected chi connectivity index (χ3v) is 6.60. The van der Waals surface area contributed by atoms with Gasteiger partial charge >= 0.3 is 5.97 Å². The number of aromatic nitrogens is 4. The Morgan fingerprint density at radius 1 is 1.20 bits per heavy atom. The summed E-state index contributed by atoms with van der Waals surface area (Å²) in [6.45, 7) is 8.04. The summed E-state index contributed by atoms with van der Waals surface area (Å²) in [7, 11) is 0. The van der Waals surface area contributed by atoms with E-state index in [4.69, 9.17) is 4.74 Å². The number of fused-ring (bicyclic) bond motifs is 1. The number of carbonyl (C=O) groups is 1. The number of carbonyl (C=O) groups excluding carboxylic acids is 1. The third kappa shape index (κ3) is 4.07. The molecule has 30 heavy (non-hydrogen) atoms. The normalized spacial score (nSPS) is 14.8. The first-order valence-corrected chi connectivity index (χ1v) is 11.2. The molecule has 1 N–H and O–H groups in total. The van der Waals surface area contributed by atoms with E-state index < -0.39 is 0 Å². The Balaban J connectivity index is 1.48. The predicted octanol–water partition coefficient (Wildman–Crippen LogP) is 3.61. The molecule has 0 unspecified atom stereocenters. The molecule has 0 aliphatic carbocycles. The van der Waals surface area contributed by atoms with Gasteiger partial charge in [-0.3, -0.25) is 0 Å². The Morgan fingerprint density at radius 2 is 1.97 bits per heavy atom. The van der Waals surface area contributed by atoms with Gasteiger partial charge in [0.2, 0.25) is 0 Å². The van der Waals surface area contributed by atoms with Gasteiger partial charge in [0.25, 0.3) is 0 Å². The van der Waals surface area contributed by atoms with E-state index >= 15 is 0 Å². The molecule has 0 amide bonds. The first-order chi connectivity index (χ1) is 14.6. The maximum atomic E-state index is 12.3.